The molecule has 0 amide bonds. The topological polar surface area (TPSA) is 57.5 Å². The predicted molar refractivity (Wildman–Crippen MR) is 102 cm³/mol. The summed E-state index contributed by atoms with van der Waals surface area (Å²) in [5, 5.41) is 10.9. The minimum Gasteiger partial charge on any atom is -0.355 e. The Morgan fingerprint density at radius 2 is 2.27 bits per heavy atom. The lowest BCUT2D eigenvalue weighted by Gasteiger charge is -2.30. The lowest BCUT2D eigenvalue weighted by molar-refractivity contribution is 0.187. The molecule has 2 heterocycles. The van der Waals surface area contributed by atoms with E-state index in [1.807, 2.05) is 31.0 Å². The van der Waals surface area contributed by atoms with Crippen molar-refractivity contribution in [3.63, 3.8) is 0 Å². The average Bonchev–Trinajstić information content (AvgIpc) is 2.88. The number of nitrogens with zero attached hydrogens (tertiary/aromatic N) is 4. The van der Waals surface area contributed by atoms with Gasteiger partial charge in [-0.2, -0.15) is 5.10 Å². The van der Waals surface area contributed by atoms with E-state index in [-0.39, 0.29) is 24.0 Å². The molecule has 1 atom stereocenters. The summed E-state index contributed by atoms with van der Waals surface area (Å²) in [6.07, 6.45) is 4.51. The smallest absolute Gasteiger partial charge is 0.191 e. The molecule has 7 heteroatoms. The predicted octanol–water partition coefficient (Wildman–Crippen LogP) is 1.43. The van der Waals surface area contributed by atoms with E-state index in [1.165, 1.54) is 25.9 Å². The molecule has 0 bridgehead atoms. The number of hydrogen-bond donors (Lipinski definition) is 2. The van der Waals surface area contributed by atoms with Crippen molar-refractivity contribution in [1.29, 1.82) is 0 Å². The maximum Gasteiger partial charge on any atom is 0.191 e. The lowest BCUT2D eigenvalue weighted by Crippen LogP contribution is -2.43. The fourth-order valence-corrected chi connectivity index (χ4v) is 2.79. The number of aliphatic imine (C=N–C) groups is 1. The standard InChI is InChI=1S/C15H28N6.HI/c1-13-5-4-9-21(12-13)10-8-17-15(16-2)18-11-14-6-7-19-20(14)3;/h6-7,13H,4-5,8-12H2,1-3H3,(H2,16,17,18);1H. The highest BCUT2D eigenvalue weighted by Gasteiger charge is 2.15. The average molecular weight is 420 g/mol. The van der Waals surface area contributed by atoms with E-state index < -0.39 is 0 Å². The van der Waals surface area contributed by atoms with Crippen LogP contribution in [0.2, 0.25) is 0 Å². The third-order valence-electron chi connectivity index (χ3n) is 4.04. The second-order valence-corrected chi connectivity index (χ2v) is 5.85. The van der Waals surface area contributed by atoms with Gasteiger partial charge in [-0.1, -0.05) is 6.92 Å². The molecule has 126 valence electrons. The summed E-state index contributed by atoms with van der Waals surface area (Å²) in [5.74, 6) is 1.68. The highest BCUT2D eigenvalue weighted by molar-refractivity contribution is 14.0. The van der Waals surface area contributed by atoms with E-state index in [9.17, 15) is 0 Å². The van der Waals surface area contributed by atoms with Gasteiger partial charge >= 0.3 is 0 Å². The van der Waals surface area contributed by atoms with Gasteiger partial charge in [0.15, 0.2) is 5.96 Å². The van der Waals surface area contributed by atoms with Crippen LogP contribution in [0.15, 0.2) is 17.3 Å². The van der Waals surface area contributed by atoms with Crippen molar-refractivity contribution in [2.24, 2.45) is 18.0 Å². The number of halogens is 1. The Hall–Kier alpha value is -0.830. The first kappa shape index (κ1) is 19.2. The van der Waals surface area contributed by atoms with Crippen LogP contribution in [0.25, 0.3) is 0 Å². The molecule has 0 aromatic carbocycles. The summed E-state index contributed by atoms with van der Waals surface area (Å²) in [7, 11) is 3.76. The van der Waals surface area contributed by atoms with Crippen LogP contribution in [0, 0.1) is 5.92 Å². The SMILES string of the molecule is CN=C(NCCN1CCCC(C)C1)NCc1ccnn1C.I. The zero-order valence-corrected chi connectivity index (χ0v) is 16.2. The van der Waals surface area contributed by atoms with Crippen molar-refractivity contribution in [3.05, 3.63) is 18.0 Å². The Bertz CT molecular complexity index is 459. The van der Waals surface area contributed by atoms with Gasteiger partial charge < -0.3 is 15.5 Å². The highest BCUT2D eigenvalue weighted by atomic mass is 127. The minimum atomic E-state index is 0. The first-order valence-corrected chi connectivity index (χ1v) is 7.83. The number of aryl methyl sites for hydroxylation is 1. The monoisotopic (exact) mass is 420 g/mol. The fourth-order valence-electron chi connectivity index (χ4n) is 2.79. The van der Waals surface area contributed by atoms with Gasteiger partial charge in [-0.05, 0) is 31.4 Å². The van der Waals surface area contributed by atoms with Gasteiger partial charge in [-0.25, -0.2) is 0 Å². The molecule has 0 saturated carbocycles. The minimum absolute atomic E-state index is 0. The van der Waals surface area contributed by atoms with Crippen molar-refractivity contribution in [2.75, 3.05) is 33.2 Å². The quantitative estimate of drug-likeness (QED) is 0.430. The molecule has 2 rings (SSSR count). The molecule has 0 spiro atoms. The van der Waals surface area contributed by atoms with Crippen LogP contribution in [-0.2, 0) is 13.6 Å². The van der Waals surface area contributed by atoms with Crippen molar-refractivity contribution in [2.45, 2.75) is 26.3 Å². The van der Waals surface area contributed by atoms with Crippen LogP contribution in [-0.4, -0.2) is 53.9 Å². The molecule has 0 aliphatic carbocycles. The summed E-state index contributed by atoms with van der Waals surface area (Å²) in [4.78, 5) is 6.80. The van der Waals surface area contributed by atoms with Crippen LogP contribution in [0.1, 0.15) is 25.5 Å². The summed E-state index contributed by atoms with van der Waals surface area (Å²) in [6.45, 7) is 7.54. The zero-order valence-electron chi connectivity index (χ0n) is 13.9. The van der Waals surface area contributed by atoms with Crippen molar-refractivity contribution < 1.29 is 0 Å². The first-order chi connectivity index (χ1) is 10.2. The Balaban J connectivity index is 0.00000242. The first-order valence-electron chi connectivity index (χ1n) is 7.83. The highest BCUT2D eigenvalue weighted by Crippen LogP contribution is 2.14. The van der Waals surface area contributed by atoms with Crippen LogP contribution >= 0.6 is 24.0 Å². The molecule has 6 nitrogen and oxygen atoms in total. The van der Waals surface area contributed by atoms with E-state index in [0.29, 0.717) is 0 Å². The summed E-state index contributed by atoms with van der Waals surface area (Å²) in [6, 6.07) is 2.01. The van der Waals surface area contributed by atoms with Crippen molar-refractivity contribution in [1.82, 2.24) is 25.3 Å². The largest absolute Gasteiger partial charge is 0.355 e. The zero-order chi connectivity index (χ0) is 15.1. The number of guanidine groups is 1. The summed E-state index contributed by atoms with van der Waals surface area (Å²) < 4.78 is 1.87. The summed E-state index contributed by atoms with van der Waals surface area (Å²) >= 11 is 0. The second-order valence-electron chi connectivity index (χ2n) is 5.85. The molecule has 1 fully saturated rings. The molecular formula is C15H29IN6. The Kier molecular flexibility index (Phi) is 8.77. The van der Waals surface area contributed by atoms with Crippen LogP contribution in [0.3, 0.4) is 0 Å². The number of aromatic nitrogens is 2. The molecule has 0 radical (unpaired) electrons. The molecule has 1 unspecified atom stereocenters. The molecular weight excluding hydrogens is 391 g/mol. The van der Waals surface area contributed by atoms with Gasteiger partial charge in [-0.15, -0.1) is 24.0 Å². The molecule has 1 aliphatic heterocycles. The fraction of sp³-hybridized carbons (Fsp3) is 0.733. The van der Waals surface area contributed by atoms with Gasteiger partial charge in [0.05, 0.1) is 12.2 Å². The van der Waals surface area contributed by atoms with Crippen LogP contribution < -0.4 is 10.6 Å². The maximum atomic E-state index is 4.26. The van der Waals surface area contributed by atoms with Gasteiger partial charge in [0.1, 0.15) is 0 Å². The number of rotatable bonds is 5. The number of piperidine rings is 1. The second kappa shape index (κ2) is 10.0. The normalized spacial score (nSPS) is 19.6. The van der Waals surface area contributed by atoms with E-state index in [4.69, 9.17) is 0 Å². The van der Waals surface area contributed by atoms with Gasteiger partial charge in [-0.3, -0.25) is 9.67 Å². The Morgan fingerprint density at radius 3 is 2.91 bits per heavy atom. The van der Waals surface area contributed by atoms with Gasteiger partial charge in [0, 0.05) is 39.9 Å². The van der Waals surface area contributed by atoms with E-state index in [0.717, 1.165) is 37.2 Å². The number of hydrogen-bond acceptors (Lipinski definition) is 3. The van der Waals surface area contributed by atoms with Crippen LogP contribution in [0.5, 0.6) is 0 Å². The molecule has 22 heavy (non-hydrogen) atoms. The molecule has 2 N–H and O–H groups in total. The molecule has 1 saturated heterocycles. The molecule has 1 aromatic heterocycles. The van der Waals surface area contributed by atoms with Crippen molar-refractivity contribution in [3.8, 4) is 0 Å². The summed E-state index contributed by atoms with van der Waals surface area (Å²) in [5.41, 5.74) is 1.14. The van der Waals surface area contributed by atoms with Gasteiger partial charge in [0.2, 0.25) is 0 Å². The van der Waals surface area contributed by atoms with E-state index >= 15 is 0 Å². The number of likely N-dealkylation sites (tertiary alicyclic amines) is 1. The molecule has 1 aromatic rings. The third kappa shape index (κ3) is 6.12. The van der Waals surface area contributed by atoms with E-state index in [1.54, 1.807) is 0 Å². The van der Waals surface area contributed by atoms with E-state index in [2.05, 4.69) is 32.5 Å². The van der Waals surface area contributed by atoms with Crippen molar-refractivity contribution >= 4 is 29.9 Å². The lowest BCUT2D eigenvalue weighted by atomic mass is 10.0. The molecule has 1 aliphatic rings. The Labute approximate surface area is 150 Å². The van der Waals surface area contributed by atoms with Crippen LogP contribution in [0.4, 0.5) is 0 Å². The Morgan fingerprint density at radius 1 is 1.45 bits per heavy atom. The maximum absolute atomic E-state index is 4.26. The third-order valence-corrected chi connectivity index (χ3v) is 4.04. The number of nitrogens with one attached hydrogen (secondary N) is 2. The van der Waals surface area contributed by atoms with Gasteiger partial charge in [0.25, 0.3) is 0 Å².